The third kappa shape index (κ3) is 1.60. The molecule has 0 N–H and O–H groups in total. The standard InChI is InChI=1S/C20H34/c1-14-12-20-11-8-16-18(2,3)9-5-10-19(16,4)17(20)7-6-15(14)13-20/h14-17H,5-13H2,1-4H3/t14-,15-,16+,17-,19+,20-/m1/s1. The molecule has 20 heavy (non-hydrogen) atoms. The Morgan fingerprint density at radius 3 is 2.40 bits per heavy atom. The van der Waals surface area contributed by atoms with Gasteiger partial charge in [0.15, 0.2) is 0 Å². The van der Waals surface area contributed by atoms with Crippen LogP contribution in [-0.2, 0) is 0 Å². The van der Waals surface area contributed by atoms with E-state index in [-0.39, 0.29) is 0 Å². The molecule has 0 saturated heterocycles. The summed E-state index contributed by atoms with van der Waals surface area (Å²) in [6, 6.07) is 0. The third-order valence-electron chi connectivity index (χ3n) is 8.77. The Balaban J connectivity index is 1.72. The normalized spacial score (nSPS) is 57.0. The van der Waals surface area contributed by atoms with Crippen LogP contribution < -0.4 is 0 Å². The predicted molar refractivity (Wildman–Crippen MR) is 85.5 cm³/mol. The molecule has 4 fully saturated rings. The van der Waals surface area contributed by atoms with Crippen molar-refractivity contribution in [2.24, 2.45) is 39.9 Å². The molecule has 0 unspecified atom stereocenters. The highest BCUT2D eigenvalue weighted by Gasteiger charge is 2.63. The fourth-order valence-electron chi connectivity index (χ4n) is 8.12. The fraction of sp³-hybridized carbons (Fsp3) is 1.00. The van der Waals surface area contributed by atoms with Gasteiger partial charge < -0.3 is 0 Å². The summed E-state index contributed by atoms with van der Waals surface area (Å²) in [5.74, 6) is 4.18. The van der Waals surface area contributed by atoms with Gasteiger partial charge in [0.25, 0.3) is 0 Å². The Morgan fingerprint density at radius 2 is 1.60 bits per heavy atom. The lowest BCUT2D eigenvalue weighted by atomic mass is 9.41. The first-order valence-corrected chi connectivity index (χ1v) is 9.37. The Labute approximate surface area is 126 Å². The van der Waals surface area contributed by atoms with Crippen LogP contribution in [-0.4, -0.2) is 0 Å². The molecule has 1 spiro atoms. The summed E-state index contributed by atoms with van der Waals surface area (Å²) >= 11 is 0. The molecule has 0 nitrogen and oxygen atoms in total. The van der Waals surface area contributed by atoms with Crippen LogP contribution in [0.25, 0.3) is 0 Å². The van der Waals surface area contributed by atoms with Crippen LogP contribution >= 0.6 is 0 Å². The monoisotopic (exact) mass is 274 g/mol. The average Bonchev–Trinajstić information content (AvgIpc) is 2.58. The van der Waals surface area contributed by atoms with Gasteiger partial charge in [-0.2, -0.15) is 0 Å². The lowest BCUT2D eigenvalue weighted by molar-refractivity contribution is -0.144. The summed E-state index contributed by atoms with van der Waals surface area (Å²) < 4.78 is 0. The van der Waals surface area contributed by atoms with Crippen LogP contribution in [0, 0.1) is 39.9 Å². The predicted octanol–water partition coefficient (Wildman–Crippen LogP) is 6.06. The third-order valence-corrected chi connectivity index (χ3v) is 8.77. The number of hydrogen-bond acceptors (Lipinski definition) is 0. The van der Waals surface area contributed by atoms with E-state index in [0.29, 0.717) is 10.8 Å². The van der Waals surface area contributed by atoms with Crippen LogP contribution in [0.15, 0.2) is 0 Å². The molecule has 0 aromatic heterocycles. The van der Waals surface area contributed by atoms with Crippen LogP contribution in [0.3, 0.4) is 0 Å². The SMILES string of the molecule is C[C@@H]1C[C@@]23CC[C@H]4C(C)(C)CCC[C@]4(C)[C@H]2CC[C@@H]1C3. The topological polar surface area (TPSA) is 0 Å². The van der Waals surface area contributed by atoms with Gasteiger partial charge >= 0.3 is 0 Å². The van der Waals surface area contributed by atoms with E-state index in [0.717, 1.165) is 29.1 Å². The van der Waals surface area contributed by atoms with Crippen molar-refractivity contribution in [3.63, 3.8) is 0 Å². The molecule has 0 heterocycles. The van der Waals surface area contributed by atoms with E-state index >= 15 is 0 Å². The van der Waals surface area contributed by atoms with Crippen molar-refractivity contribution >= 4 is 0 Å². The van der Waals surface area contributed by atoms with Crippen molar-refractivity contribution in [1.82, 2.24) is 0 Å². The Kier molecular flexibility index (Phi) is 2.76. The van der Waals surface area contributed by atoms with Gasteiger partial charge in [0, 0.05) is 0 Å². The summed E-state index contributed by atoms with van der Waals surface area (Å²) in [5, 5.41) is 0. The van der Waals surface area contributed by atoms with Gasteiger partial charge in [0.2, 0.25) is 0 Å². The summed E-state index contributed by atoms with van der Waals surface area (Å²) in [7, 11) is 0. The maximum absolute atomic E-state index is 2.72. The molecule has 4 aliphatic carbocycles. The molecule has 0 heteroatoms. The molecule has 4 rings (SSSR count). The van der Waals surface area contributed by atoms with E-state index < -0.39 is 0 Å². The minimum atomic E-state index is 0.607. The largest absolute Gasteiger partial charge is 0.0622 e. The van der Waals surface area contributed by atoms with Crippen molar-refractivity contribution in [3.8, 4) is 0 Å². The van der Waals surface area contributed by atoms with E-state index in [4.69, 9.17) is 0 Å². The van der Waals surface area contributed by atoms with Crippen LogP contribution in [0.2, 0.25) is 0 Å². The minimum Gasteiger partial charge on any atom is -0.0622 e. The zero-order chi connectivity index (χ0) is 14.2. The van der Waals surface area contributed by atoms with Crippen LogP contribution in [0.4, 0.5) is 0 Å². The van der Waals surface area contributed by atoms with Crippen molar-refractivity contribution in [1.29, 1.82) is 0 Å². The van der Waals surface area contributed by atoms with E-state index in [1.165, 1.54) is 19.3 Å². The van der Waals surface area contributed by atoms with Crippen LogP contribution in [0.5, 0.6) is 0 Å². The summed E-state index contributed by atoms with van der Waals surface area (Å²) in [5.41, 5.74) is 2.06. The number of rotatable bonds is 0. The Bertz CT molecular complexity index is 404. The van der Waals surface area contributed by atoms with Crippen LogP contribution in [0.1, 0.15) is 85.5 Å². The smallest absolute Gasteiger partial charge is 0.0258 e. The lowest BCUT2D eigenvalue weighted by Crippen LogP contribution is -2.55. The molecule has 0 aromatic carbocycles. The molecular formula is C20H34. The highest BCUT2D eigenvalue weighted by atomic mass is 14.7. The molecule has 0 amide bonds. The highest BCUT2D eigenvalue weighted by Crippen LogP contribution is 2.72. The van der Waals surface area contributed by atoms with Gasteiger partial charge in [-0.05, 0) is 91.3 Å². The van der Waals surface area contributed by atoms with Gasteiger partial charge in [-0.25, -0.2) is 0 Å². The minimum absolute atomic E-state index is 0.607. The Morgan fingerprint density at radius 1 is 0.800 bits per heavy atom. The van der Waals surface area contributed by atoms with Gasteiger partial charge in [0.1, 0.15) is 0 Å². The zero-order valence-electron chi connectivity index (χ0n) is 14.2. The Hall–Kier alpha value is 0. The molecule has 4 saturated carbocycles. The van der Waals surface area contributed by atoms with Crippen molar-refractivity contribution in [2.75, 3.05) is 0 Å². The summed E-state index contributed by atoms with van der Waals surface area (Å²) in [4.78, 5) is 0. The first-order valence-electron chi connectivity index (χ1n) is 9.37. The van der Waals surface area contributed by atoms with Gasteiger partial charge in [-0.3, -0.25) is 0 Å². The number of fused-ring (bicyclic) bond motifs is 3. The van der Waals surface area contributed by atoms with Crippen molar-refractivity contribution in [3.05, 3.63) is 0 Å². The second kappa shape index (κ2) is 4.05. The molecule has 6 atom stereocenters. The molecule has 0 radical (unpaired) electrons. The quantitative estimate of drug-likeness (QED) is 0.504. The van der Waals surface area contributed by atoms with Gasteiger partial charge in [-0.15, -0.1) is 0 Å². The first kappa shape index (κ1) is 13.6. The average molecular weight is 274 g/mol. The molecule has 4 aliphatic rings. The van der Waals surface area contributed by atoms with Gasteiger partial charge in [0.05, 0.1) is 0 Å². The van der Waals surface area contributed by atoms with E-state index in [9.17, 15) is 0 Å². The molecule has 114 valence electrons. The van der Waals surface area contributed by atoms with E-state index in [1.54, 1.807) is 38.5 Å². The second-order valence-electron chi connectivity index (χ2n) is 10.1. The lowest BCUT2D eigenvalue weighted by Gasteiger charge is -2.64. The highest BCUT2D eigenvalue weighted by molar-refractivity contribution is 5.12. The second-order valence-corrected chi connectivity index (χ2v) is 10.1. The maximum Gasteiger partial charge on any atom is -0.0258 e. The van der Waals surface area contributed by atoms with E-state index in [1.807, 2.05) is 0 Å². The maximum atomic E-state index is 2.72. The fourth-order valence-corrected chi connectivity index (χ4v) is 8.12. The summed E-state index contributed by atoms with van der Waals surface area (Å²) in [6.45, 7) is 10.4. The van der Waals surface area contributed by atoms with Crippen molar-refractivity contribution < 1.29 is 0 Å². The number of hydrogen-bond donors (Lipinski definition) is 0. The van der Waals surface area contributed by atoms with Crippen molar-refractivity contribution in [2.45, 2.75) is 85.5 Å². The molecule has 0 aliphatic heterocycles. The summed E-state index contributed by atoms with van der Waals surface area (Å²) in [6.07, 6.45) is 13.9. The molecule has 2 bridgehead atoms. The molecular weight excluding hydrogens is 240 g/mol. The first-order chi connectivity index (χ1) is 9.37. The zero-order valence-corrected chi connectivity index (χ0v) is 14.2. The van der Waals surface area contributed by atoms with Gasteiger partial charge in [-0.1, -0.05) is 34.1 Å². The molecule has 0 aromatic rings. The van der Waals surface area contributed by atoms with E-state index in [2.05, 4.69) is 27.7 Å².